The number of nitrogens with zero attached hydrogens (tertiary/aromatic N) is 2. The third kappa shape index (κ3) is 4.97. The minimum Gasteiger partial charge on any atom is -0.382 e. The molecule has 2 amide bonds. The van der Waals surface area contributed by atoms with Crippen LogP contribution in [0.1, 0.15) is 32.3 Å². The molecule has 1 unspecified atom stereocenters. The second-order valence-corrected chi connectivity index (χ2v) is 7.39. The van der Waals surface area contributed by atoms with Gasteiger partial charge in [0.2, 0.25) is 0 Å². The van der Waals surface area contributed by atoms with Crippen molar-refractivity contribution < 1.29 is 14.3 Å². The number of carbonyl (C=O) groups excluding carboxylic acids is 2. The lowest BCUT2D eigenvalue weighted by atomic mass is 10.1. The first kappa shape index (κ1) is 21.9. The van der Waals surface area contributed by atoms with Crippen molar-refractivity contribution in [3.05, 3.63) is 95.8 Å². The molecular weight excluding hydrogens is 418 g/mol. The third-order valence-corrected chi connectivity index (χ3v) is 5.16. The molecule has 0 aliphatic carbocycles. The van der Waals surface area contributed by atoms with Gasteiger partial charge in [0, 0.05) is 23.7 Å². The van der Waals surface area contributed by atoms with Gasteiger partial charge in [0.15, 0.2) is 0 Å². The molecule has 4 aromatic rings. The van der Waals surface area contributed by atoms with Gasteiger partial charge < -0.3 is 21.1 Å². The number of carbonyl (C=O) groups is 2. The highest BCUT2D eigenvalue weighted by Crippen LogP contribution is 2.27. The molecule has 0 saturated carbocycles. The van der Waals surface area contributed by atoms with Crippen LogP contribution in [-0.2, 0) is 4.74 Å². The maximum Gasteiger partial charge on any atom is 0.255 e. The fraction of sp³-hybridized carbons (Fsp3) is 0.120. The van der Waals surface area contributed by atoms with E-state index < -0.39 is 5.91 Å². The first-order valence-electron chi connectivity index (χ1n) is 10.3. The summed E-state index contributed by atoms with van der Waals surface area (Å²) in [4.78, 5) is 32.9. The zero-order chi connectivity index (χ0) is 23.2. The van der Waals surface area contributed by atoms with Gasteiger partial charge in [0.1, 0.15) is 12.1 Å². The summed E-state index contributed by atoms with van der Waals surface area (Å²) in [7, 11) is 1.61. The number of amides is 2. The Morgan fingerprint density at radius 2 is 1.79 bits per heavy atom. The van der Waals surface area contributed by atoms with E-state index in [9.17, 15) is 9.59 Å². The number of nitrogens with two attached hydrogens (primary N) is 1. The van der Waals surface area contributed by atoms with E-state index in [2.05, 4.69) is 20.6 Å². The summed E-state index contributed by atoms with van der Waals surface area (Å²) < 4.78 is 5.43. The van der Waals surface area contributed by atoms with Crippen LogP contribution in [0.5, 0.6) is 0 Å². The third-order valence-electron chi connectivity index (χ3n) is 5.16. The lowest BCUT2D eigenvalue weighted by Crippen LogP contribution is -2.18. The van der Waals surface area contributed by atoms with Crippen molar-refractivity contribution in [2.24, 2.45) is 5.73 Å². The number of primary amides is 1. The normalized spacial score (nSPS) is 11.7. The van der Waals surface area contributed by atoms with E-state index in [0.29, 0.717) is 40.1 Å². The summed E-state index contributed by atoms with van der Waals surface area (Å²) in [6.07, 6.45) is 1.39. The number of benzene rings is 3. The van der Waals surface area contributed by atoms with E-state index in [-0.39, 0.29) is 11.9 Å². The van der Waals surface area contributed by atoms with Crippen molar-refractivity contribution >= 4 is 34.2 Å². The SMILES string of the molecule is COCC(Nc1ncnc2c(C(N)=O)cccc12)c1cccc(NC(=O)c2ccccc2)c1. The van der Waals surface area contributed by atoms with Crippen LogP contribution in [0.25, 0.3) is 10.9 Å². The van der Waals surface area contributed by atoms with Crippen molar-refractivity contribution in [2.75, 3.05) is 24.4 Å². The minimum absolute atomic E-state index is 0.190. The summed E-state index contributed by atoms with van der Waals surface area (Å²) >= 11 is 0. The summed E-state index contributed by atoms with van der Waals surface area (Å²) in [5.41, 5.74) is 8.42. The monoisotopic (exact) mass is 441 g/mol. The molecule has 166 valence electrons. The highest BCUT2D eigenvalue weighted by molar-refractivity contribution is 6.07. The fourth-order valence-electron chi connectivity index (χ4n) is 3.58. The number of hydrogen-bond donors (Lipinski definition) is 3. The van der Waals surface area contributed by atoms with Gasteiger partial charge in [-0.25, -0.2) is 9.97 Å². The van der Waals surface area contributed by atoms with Crippen molar-refractivity contribution in [2.45, 2.75) is 6.04 Å². The molecule has 0 bridgehead atoms. The molecule has 1 atom stereocenters. The standard InChI is InChI=1S/C25H23N5O3/c1-33-14-21(30-24-20-12-6-11-19(23(26)31)22(20)27-15-28-24)17-9-5-10-18(13-17)29-25(32)16-7-3-2-4-8-16/h2-13,15,21H,14H2,1H3,(H2,26,31)(H,29,32)(H,27,28,30). The molecule has 0 radical (unpaired) electrons. The van der Waals surface area contributed by atoms with Crippen LogP contribution in [0.3, 0.4) is 0 Å². The van der Waals surface area contributed by atoms with Gasteiger partial charge in [-0.15, -0.1) is 0 Å². The topological polar surface area (TPSA) is 119 Å². The van der Waals surface area contributed by atoms with Gasteiger partial charge in [-0.05, 0) is 42.0 Å². The molecule has 8 heteroatoms. The second-order valence-electron chi connectivity index (χ2n) is 7.39. The Hall–Kier alpha value is -4.30. The van der Waals surface area contributed by atoms with Crippen LogP contribution in [0.2, 0.25) is 0 Å². The number of rotatable bonds is 8. The Morgan fingerprint density at radius 3 is 2.55 bits per heavy atom. The van der Waals surface area contributed by atoms with Crippen LogP contribution in [0.15, 0.2) is 79.1 Å². The number of fused-ring (bicyclic) bond motifs is 1. The van der Waals surface area contributed by atoms with E-state index in [1.165, 1.54) is 6.33 Å². The number of ether oxygens (including phenoxy) is 1. The number of hydrogen-bond acceptors (Lipinski definition) is 6. The number of aromatic nitrogens is 2. The zero-order valence-electron chi connectivity index (χ0n) is 18.0. The van der Waals surface area contributed by atoms with E-state index in [4.69, 9.17) is 10.5 Å². The van der Waals surface area contributed by atoms with E-state index in [1.54, 1.807) is 31.4 Å². The number of methoxy groups -OCH3 is 1. The molecule has 8 nitrogen and oxygen atoms in total. The highest BCUT2D eigenvalue weighted by Gasteiger charge is 2.17. The van der Waals surface area contributed by atoms with Crippen molar-refractivity contribution in [1.29, 1.82) is 0 Å². The lowest BCUT2D eigenvalue weighted by molar-refractivity contribution is 0.0998. The first-order chi connectivity index (χ1) is 16.1. The molecule has 0 aliphatic rings. The Bertz CT molecular complexity index is 1290. The van der Waals surface area contributed by atoms with Crippen molar-refractivity contribution in [3.8, 4) is 0 Å². The molecule has 4 N–H and O–H groups in total. The van der Waals surface area contributed by atoms with Crippen LogP contribution < -0.4 is 16.4 Å². The molecule has 3 aromatic carbocycles. The second kappa shape index (κ2) is 9.88. The van der Waals surface area contributed by atoms with Gasteiger partial charge >= 0.3 is 0 Å². The Balaban J connectivity index is 1.62. The fourth-order valence-corrected chi connectivity index (χ4v) is 3.58. The number of nitrogens with one attached hydrogen (secondary N) is 2. The summed E-state index contributed by atoms with van der Waals surface area (Å²) in [6, 6.07) is 21.4. The van der Waals surface area contributed by atoms with Crippen LogP contribution >= 0.6 is 0 Å². The van der Waals surface area contributed by atoms with Crippen molar-refractivity contribution in [1.82, 2.24) is 9.97 Å². The van der Waals surface area contributed by atoms with Gasteiger partial charge in [-0.1, -0.05) is 36.4 Å². The maximum atomic E-state index is 12.5. The van der Waals surface area contributed by atoms with Gasteiger partial charge in [-0.2, -0.15) is 0 Å². The Morgan fingerprint density at radius 1 is 1.00 bits per heavy atom. The summed E-state index contributed by atoms with van der Waals surface area (Å²) in [5.74, 6) is -0.200. The summed E-state index contributed by atoms with van der Waals surface area (Å²) in [6.45, 7) is 0.344. The smallest absolute Gasteiger partial charge is 0.255 e. The molecule has 1 heterocycles. The predicted molar refractivity (Wildman–Crippen MR) is 127 cm³/mol. The van der Waals surface area contributed by atoms with Crippen LogP contribution in [-0.4, -0.2) is 35.5 Å². The molecule has 0 saturated heterocycles. The number of para-hydroxylation sites is 1. The molecule has 0 aliphatic heterocycles. The zero-order valence-corrected chi connectivity index (χ0v) is 18.0. The Kier molecular flexibility index (Phi) is 6.56. The van der Waals surface area contributed by atoms with Gasteiger partial charge in [0.25, 0.3) is 11.8 Å². The van der Waals surface area contributed by atoms with Crippen LogP contribution in [0.4, 0.5) is 11.5 Å². The van der Waals surface area contributed by atoms with Gasteiger partial charge in [-0.3, -0.25) is 9.59 Å². The quantitative estimate of drug-likeness (QED) is 0.383. The average molecular weight is 441 g/mol. The Labute approximate surface area is 190 Å². The number of anilines is 2. The molecule has 0 fully saturated rings. The predicted octanol–water partition coefficient (Wildman–Crippen LogP) is 3.78. The lowest BCUT2D eigenvalue weighted by Gasteiger charge is -2.21. The first-order valence-corrected chi connectivity index (χ1v) is 10.3. The highest BCUT2D eigenvalue weighted by atomic mass is 16.5. The van der Waals surface area contributed by atoms with E-state index >= 15 is 0 Å². The minimum atomic E-state index is -0.555. The maximum absolute atomic E-state index is 12.5. The largest absolute Gasteiger partial charge is 0.382 e. The average Bonchev–Trinajstić information content (AvgIpc) is 2.84. The van der Waals surface area contributed by atoms with Gasteiger partial charge in [0.05, 0.1) is 23.7 Å². The molecule has 4 rings (SSSR count). The van der Waals surface area contributed by atoms with E-state index in [0.717, 1.165) is 5.56 Å². The van der Waals surface area contributed by atoms with E-state index in [1.807, 2.05) is 48.5 Å². The molecule has 1 aromatic heterocycles. The van der Waals surface area contributed by atoms with Crippen LogP contribution in [0, 0.1) is 0 Å². The molecular formula is C25H23N5O3. The molecule has 0 spiro atoms. The summed E-state index contributed by atoms with van der Waals surface area (Å²) in [5, 5.41) is 6.97. The molecule has 33 heavy (non-hydrogen) atoms. The van der Waals surface area contributed by atoms with Crippen molar-refractivity contribution in [3.63, 3.8) is 0 Å².